The molecule has 0 atom stereocenters. The van der Waals surface area contributed by atoms with Crippen LogP contribution in [0.15, 0.2) is 24.3 Å². The van der Waals surface area contributed by atoms with Crippen molar-refractivity contribution in [3.8, 4) is 0 Å². The predicted octanol–water partition coefficient (Wildman–Crippen LogP) is 0.307. The van der Waals surface area contributed by atoms with E-state index in [-0.39, 0.29) is 0 Å². The van der Waals surface area contributed by atoms with E-state index in [0.717, 1.165) is 5.56 Å². The zero-order valence-electron chi connectivity index (χ0n) is 7.16. The third kappa shape index (κ3) is 2.27. The van der Waals surface area contributed by atoms with Crippen molar-refractivity contribution in [3.05, 3.63) is 35.4 Å². The zero-order chi connectivity index (χ0) is 9.68. The third-order valence-corrected chi connectivity index (χ3v) is 1.78. The number of hydroxylamine groups is 1. The first-order chi connectivity index (χ1) is 6.29. The summed E-state index contributed by atoms with van der Waals surface area (Å²) in [5, 5.41) is 8.45. The molecule has 0 spiro atoms. The van der Waals surface area contributed by atoms with Crippen LogP contribution in [0.3, 0.4) is 0 Å². The summed E-state index contributed by atoms with van der Waals surface area (Å²) in [6.07, 6.45) is 0.629. The van der Waals surface area contributed by atoms with Crippen molar-refractivity contribution in [1.29, 1.82) is 0 Å². The summed E-state index contributed by atoms with van der Waals surface area (Å²) in [5.74, 6) is -0.496. The van der Waals surface area contributed by atoms with Crippen LogP contribution >= 0.6 is 0 Å². The van der Waals surface area contributed by atoms with E-state index in [1.807, 2.05) is 12.1 Å². The second-order valence-corrected chi connectivity index (χ2v) is 2.64. The van der Waals surface area contributed by atoms with Crippen LogP contribution in [0.4, 0.5) is 0 Å². The van der Waals surface area contributed by atoms with E-state index in [9.17, 15) is 4.79 Å². The van der Waals surface area contributed by atoms with Gasteiger partial charge in [0.15, 0.2) is 0 Å². The largest absolute Gasteiger partial charge is 0.330 e. The molecule has 0 aliphatic carbocycles. The van der Waals surface area contributed by atoms with E-state index in [4.69, 9.17) is 10.9 Å². The minimum atomic E-state index is -0.496. The molecule has 1 aromatic carbocycles. The highest BCUT2D eigenvalue weighted by molar-refractivity contribution is 5.94. The van der Waals surface area contributed by atoms with Crippen LogP contribution in [0, 0.1) is 0 Å². The summed E-state index contributed by atoms with van der Waals surface area (Å²) in [6, 6.07) is 7.04. The van der Waals surface area contributed by atoms with Crippen molar-refractivity contribution >= 4 is 5.91 Å². The number of hydrogen-bond acceptors (Lipinski definition) is 3. The van der Waals surface area contributed by atoms with Crippen LogP contribution in [0.2, 0.25) is 0 Å². The Hall–Kier alpha value is -1.39. The van der Waals surface area contributed by atoms with Gasteiger partial charge in [0.1, 0.15) is 0 Å². The van der Waals surface area contributed by atoms with Crippen molar-refractivity contribution in [3.63, 3.8) is 0 Å². The van der Waals surface area contributed by atoms with Crippen molar-refractivity contribution in [2.24, 2.45) is 5.73 Å². The number of hydrogen-bond donors (Lipinski definition) is 3. The van der Waals surface area contributed by atoms with Gasteiger partial charge < -0.3 is 5.73 Å². The molecule has 4 heteroatoms. The Morgan fingerprint density at radius 1 is 1.46 bits per heavy atom. The van der Waals surface area contributed by atoms with E-state index in [2.05, 4.69) is 0 Å². The average molecular weight is 180 g/mol. The molecule has 13 heavy (non-hydrogen) atoms. The SMILES string of the molecule is NCCc1ccccc1C(=O)NO. The van der Waals surface area contributed by atoms with Gasteiger partial charge in [-0.1, -0.05) is 18.2 Å². The van der Waals surface area contributed by atoms with Crippen LogP contribution in [0.25, 0.3) is 0 Å². The van der Waals surface area contributed by atoms with Gasteiger partial charge in [0.05, 0.1) is 0 Å². The van der Waals surface area contributed by atoms with Crippen LogP contribution < -0.4 is 11.2 Å². The first-order valence-electron chi connectivity index (χ1n) is 4.02. The lowest BCUT2D eigenvalue weighted by atomic mass is 10.0. The van der Waals surface area contributed by atoms with E-state index in [1.165, 1.54) is 0 Å². The molecule has 0 heterocycles. The molecule has 0 aliphatic heterocycles. The van der Waals surface area contributed by atoms with E-state index in [0.29, 0.717) is 18.5 Å². The summed E-state index contributed by atoms with van der Waals surface area (Å²) in [7, 11) is 0. The molecular weight excluding hydrogens is 168 g/mol. The highest BCUT2D eigenvalue weighted by atomic mass is 16.5. The van der Waals surface area contributed by atoms with Crippen LogP contribution in [0.1, 0.15) is 15.9 Å². The smallest absolute Gasteiger partial charge is 0.274 e. The summed E-state index contributed by atoms with van der Waals surface area (Å²) in [5.41, 5.74) is 8.29. The lowest BCUT2D eigenvalue weighted by molar-refractivity contribution is 0.0705. The maximum atomic E-state index is 11.1. The molecule has 0 saturated carbocycles. The number of rotatable bonds is 3. The van der Waals surface area contributed by atoms with Gasteiger partial charge in [0.2, 0.25) is 0 Å². The van der Waals surface area contributed by atoms with Gasteiger partial charge in [0, 0.05) is 5.56 Å². The molecule has 1 aromatic rings. The maximum Gasteiger partial charge on any atom is 0.274 e. The second-order valence-electron chi connectivity index (χ2n) is 2.64. The molecule has 0 bridgehead atoms. The molecule has 1 rings (SSSR count). The number of nitrogens with one attached hydrogen (secondary N) is 1. The van der Waals surface area contributed by atoms with Gasteiger partial charge in [-0.05, 0) is 24.6 Å². The number of carbonyl (C=O) groups excluding carboxylic acids is 1. The van der Waals surface area contributed by atoms with Gasteiger partial charge >= 0.3 is 0 Å². The van der Waals surface area contributed by atoms with Crippen molar-refractivity contribution < 1.29 is 10.0 Å². The number of carbonyl (C=O) groups is 1. The van der Waals surface area contributed by atoms with Crippen LogP contribution in [-0.2, 0) is 6.42 Å². The number of amides is 1. The molecule has 0 radical (unpaired) electrons. The fourth-order valence-corrected chi connectivity index (χ4v) is 1.18. The normalized spacial score (nSPS) is 9.69. The highest BCUT2D eigenvalue weighted by Gasteiger charge is 2.08. The quantitative estimate of drug-likeness (QED) is 0.462. The molecule has 0 unspecified atom stereocenters. The lowest BCUT2D eigenvalue weighted by Crippen LogP contribution is -2.21. The van der Waals surface area contributed by atoms with Gasteiger partial charge in [-0.15, -0.1) is 0 Å². The standard InChI is InChI=1S/C9H12N2O2/c10-6-5-7-3-1-2-4-8(7)9(12)11-13/h1-4,13H,5-6,10H2,(H,11,12). The second kappa shape index (κ2) is 4.59. The first-order valence-corrected chi connectivity index (χ1v) is 4.02. The summed E-state index contributed by atoms with van der Waals surface area (Å²) in [4.78, 5) is 11.1. The monoisotopic (exact) mass is 180 g/mol. The Labute approximate surface area is 76.3 Å². The topological polar surface area (TPSA) is 75.4 Å². The molecule has 1 amide bonds. The Kier molecular flexibility index (Phi) is 3.42. The molecule has 70 valence electrons. The molecule has 0 aliphatic rings. The minimum absolute atomic E-state index is 0.468. The fraction of sp³-hybridized carbons (Fsp3) is 0.222. The summed E-state index contributed by atoms with van der Waals surface area (Å²) >= 11 is 0. The van der Waals surface area contributed by atoms with Crippen LogP contribution in [0.5, 0.6) is 0 Å². The molecule has 0 aromatic heterocycles. The summed E-state index contributed by atoms with van der Waals surface area (Å²) in [6.45, 7) is 0.482. The van der Waals surface area contributed by atoms with Crippen molar-refractivity contribution in [2.45, 2.75) is 6.42 Å². The number of benzene rings is 1. The Bertz CT molecular complexity index is 299. The predicted molar refractivity (Wildman–Crippen MR) is 48.5 cm³/mol. The Balaban J connectivity index is 2.97. The van der Waals surface area contributed by atoms with Gasteiger partial charge in [-0.25, -0.2) is 5.48 Å². The van der Waals surface area contributed by atoms with Crippen molar-refractivity contribution in [1.82, 2.24) is 5.48 Å². The third-order valence-electron chi connectivity index (χ3n) is 1.78. The molecule has 4 N–H and O–H groups in total. The van der Waals surface area contributed by atoms with E-state index in [1.54, 1.807) is 17.6 Å². The Morgan fingerprint density at radius 3 is 2.77 bits per heavy atom. The molecular formula is C9H12N2O2. The fourth-order valence-electron chi connectivity index (χ4n) is 1.18. The number of nitrogens with two attached hydrogens (primary N) is 1. The highest BCUT2D eigenvalue weighted by Crippen LogP contribution is 2.08. The maximum absolute atomic E-state index is 11.1. The van der Waals surface area contributed by atoms with Gasteiger partial charge in [-0.2, -0.15) is 0 Å². The molecule has 4 nitrogen and oxygen atoms in total. The van der Waals surface area contributed by atoms with Gasteiger partial charge in [0.25, 0.3) is 5.91 Å². The zero-order valence-corrected chi connectivity index (χ0v) is 7.16. The van der Waals surface area contributed by atoms with Crippen molar-refractivity contribution in [2.75, 3.05) is 6.54 Å². The lowest BCUT2D eigenvalue weighted by Gasteiger charge is -2.05. The van der Waals surface area contributed by atoms with E-state index < -0.39 is 5.91 Å². The van der Waals surface area contributed by atoms with E-state index >= 15 is 0 Å². The minimum Gasteiger partial charge on any atom is -0.330 e. The summed E-state index contributed by atoms with van der Waals surface area (Å²) < 4.78 is 0. The average Bonchev–Trinajstić information content (AvgIpc) is 2.18. The molecule has 0 fully saturated rings. The first kappa shape index (κ1) is 9.70. The Morgan fingerprint density at radius 2 is 2.15 bits per heavy atom. The van der Waals surface area contributed by atoms with Crippen LogP contribution in [-0.4, -0.2) is 17.7 Å². The van der Waals surface area contributed by atoms with Gasteiger partial charge in [-0.3, -0.25) is 10.0 Å². The molecule has 0 saturated heterocycles.